The van der Waals surface area contributed by atoms with Crippen molar-refractivity contribution in [3.63, 3.8) is 0 Å². The van der Waals surface area contributed by atoms with Crippen molar-refractivity contribution in [2.45, 2.75) is 109 Å². The van der Waals surface area contributed by atoms with Crippen LogP contribution in [-0.2, 0) is 0 Å². The summed E-state index contributed by atoms with van der Waals surface area (Å²) >= 11 is 0. The van der Waals surface area contributed by atoms with Gasteiger partial charge in [-0.2, -0.15) is 0 Å². The molecule has 0 heterocycles. The Labute approximate surface area is 142 Å². The maximum Gasteiger partial charge on any atom is -0.0202 e. The summed E-state index contributed by atoms with van der Waals surface area (Å²) in [4.78, 5) is 0. The van der Waals surface area contributed by atoms with E-state index >= 15 is 0 Å². The van der Waals surface area contributed by atoms with Gasteiger partial charge in [-0.25, -0.2) is 0 Å². The number of hydrogen-bond donors (Lipinski definition) is 0. The molecule has 0 N–H and O–H groups in total. The van der Waals surface area contributed by atoms with Gasteiger partial charge in [-0.1, -0.05) is 90.9 Å². The molecule has 0 nitrogen and oxygen atoms in total. The summed E-state index contributed by atoms with van der Waals surface area (Å²) in [6.07, 6.45) is 20.8. The maximum absolute atomic E-state index is 3.31. The Morgan fingerprint density at radius 1 is 0.818 bits per heavy atom. The fourth-order valence-corrected chi connectivity index (χ4v) is 5.85. The SMILES string of the molecule is CCCCCCCCC(CC)C(C1CCC1)C(P)C1CCC1. The van der Waals surface area contributed by atoms with Gasteiger partial charge >= 0.3 is 0 Å². The van der Waals surface area contributed by atoms with Crippen LogP contribution in [0.15, 0.2) is 0 Å². The average Bonchev–Trinajstić information content (AvgIpc) is 2.40. The second-order valence-electron chi connectivity index (χ2n) is 8.26. The monoisotopic (exact) mass is 324 g/mol. The van der Waals surface area contributed by atoms with E-state index in [4.69, 9.17) is 0 Å². The third-order valence-corrected chi connectivity index (χ3v) is 7.82. The summed E-state index contributed by atoms with van der Waals surface area (Å²) in [6, 6.07) is 0. The van der Waals surface area contributed by atoms with Crippen LogP contribution in [0, 0.1) is 23.7 Å². The largest absolute Gasteiger partial charge is 0.134 e. The molecule has 2 aliphatic carbocycles. The van der Waals surface area contributed by atoms with E-state index in [0.29, 0.717) is 0 Å². The highest BCUT2D eigenvalue weighted by atomic mass is 31.0. The highest BCUT2D eigenvalue weighted by molar-refractivity contribution is 7.17. The van der Waals surface area contributed by atoms with Gasteiger partial charge in [-0.3, -0.25) is 0 Å². The average molecular weight is 325 g/mol. The second kappa shape index (κ2) is 10.3. The molecule has 0 spiro atoms. The van der Waals surface area contributed by atoms with Gasteiger partial charge in [0.15, 0.2) is 0 Å². The molecule has 0 radical (unpaired) electrons. The van der Waals surface area contributed by atoms with Crippen LogP contribution in [0.5, 0.6) is 0 Å². The van der Waals surface area contributed by atoms with Gasteiger partial charge in [-0.15, -0.1) is 9.24 Å². The summed E-state index contributed by atoms with van der Waals surface area (Å²) < 4.78 is 0. The first-order valence-electron chi connectivity index (χ1n) is 10.5. The fraction of sp³-hybridized carbons (Fsp3) is 1.00. The minimum absolute atomic E-state index is 0.934. The lowest BCUT2D eigenvalue weighted by Crippen LogP contribution is -2.40. The Hall–Kier alpha value is 0.430. The number of rotatable bonds is 12. The summed E-state index contributed by atoms with van der Waals surface area (Å²) in [5.74, 6) is 4.17. The zero-order chi connectivity index (χ0) is 15.8. The van der Waals surface area contributed by atoms with Crippen LogP contribution in [-0.4, -0.2) is 5.66 Å². The zero-order valence-electron chi connectivity index (χ0n) is 15.4. The van der Waals surface area contributed by atoms with E-state index in [1.54, 1.807) is 0 Å². The van der Waals surface area contributed by atoms with Gasteiger partial charge in [-0.05, 0) is 42.2 Å². The molecule has 0 aromatic rings. The minimum atomic E-state index is 0.934. The van der Waals surface area contributed by atoms with E-state index in [1.807, 2.05) is 0 Å². The molecule has 1 heteroatoms. The van der Waals surface area contributed by atoms with Crippen molar-refractivity contribution in [2.75, 3.05) is 0 Å². The van der Waals surface area contributed by atoms with E-state index in [2.05, 4.69) is 23.1 Å². The Kier molecular flexibility index (Phi) is 8.81. The van der Waals surface area contributed by atoms with Gasteiger partial charge in [0.2, 0.25) is 0 Å². The molecule has 0 saturated heterocycles. The zero-order valence-corrected chi connectivity index (χ0v) is 16.5. The van der Waals surface area contributed by atoms with Gasteiger partial charge < -0.3 is 0 Å². The molecule has 2 saturated carbocycles. The quantitative estimate of drug-likeness (QED) is 0.262. The summed E-state index contributed by atoms with van der Waals surface area (Å²) in [5.41, 5.74) is 0.934. The molecule has 130 valence electrons. The lowest BCUT2D eigenvalue weighted by atomic mass is 9.63. The summed E-state index contributed by atoms with van der Waals surface area (Å²) in [6.45, 7) is 4.78. The Balaban J connectivity index is 1.78. The van der Waals surface area contributed by atoms with Gasteiger partial charge in [0.1, 0.15) is 0 Å². The van der Waals surface area contributed by atoms with Crippen molar-refractivity contribution in [1.82, 2.24) is 0 Å². The first-order chi connectivity index (χ1) is 10.8. The predicted octanol–water partition coefficient (Wildman–Crippen LogP) is 7.22. The Morgan fingerprint density at radius 3 is 1.91 bits per heavy atom. The first kappa shape index (κ1) is 18.8. The van der Waals surface area contributed by atoms with Crippen molar-refractivity contribution in [3.05, 3.63) is 0 Å². The van der Waals surface area contributed by atoms with Crippen molar-refractivity contribution in [2.24, 2.45) is 23.7 Å². The fourth-order valence-electron chi connectivity index (χ4n) is 4.83. The highest BCUT2D eigenvalue weighted by Crippen LogP contribution is 2.49. The van der Waals surface area contributed by atoms with Crippen LogP contribution >= 0.6 is 9.24 Å². The van der Waals surface area contributed by atoms with Crippen LogP contribution in [0.4, 0.5) is 0 Å². The Bertz CT molecular complexity index is 280. The maximum atomic E-state index is 3.31. The molecule has 0 aromatic carbocycles. The minimum Gasteiger partial charge on any atom is -0.134 e. The van der Waals surface area contributed by atoms with Crippen molar-refractivity contribution < 1.29 is 0 Å². The van der Waals surface area contributed by atoms with E-state index in [1.165, 1.54) is 89.9 Å². The molecule has 4 atom stereocenters. The summed E-state index contributed by atoms with van der Waals surface area (Å²) in [5, 5.41) is 0. The number of unbranched alkanes of at least 4 members (excludes halogenated alkanes) is 5. The van der Waals surface area contributed by atoms with Gasteiger partial charge in [0, 0.05) is 0 Å². The molecule has 2 aliphatic rings. The second-order valence-corrected chi connectivity index (χ2v) is 9.03. The van der Waals surface area contributed by atoms with E-state index in [9.17, 15) is 0 Å². The van der Waals surface area contributed by atoms with Crippen molar-refractivity contribution in [1.29, 1.82) is 0 Å². The normalized spacial score (nSPS) is 23.6. The molecule has 0 aliphatic heterocycles. The molecule has 2 fully saturated rings. The van der Waals surface area contributed by atoms with Crippen LogP contribution in [0.2, 0.25) is 0 Å². The molecule has 0 amide bonds. The third-order valence-electron chi connectivity index (χ3n) is 6.83. The highest BCUT2D eigenvalue weighted by Gasteiger charge is 2.40. The van der Waals surface area contributed by atoms with Crippen molar-refractivity contribution in [3.8, 4) is 0 Å². The molecule has 0 aromatic heterocycles. The van der Waals surface area contributed by atoms with E-state index in [-0.39, 0.29) is 0 Å². The predicted molar refractivity (Wildman–Crippen MR) is 103 cm³/mol. The first-order valence-corrected chi connectivity index (χ1v) is 11.2. The third kappa shape index (κ3) is 5.22. The molecule has 0 bridgehead atoms. The molecular weight excluding hydrogens is 283 g/mol. The van der Waals surface area contributed by atoms with Crippen LogP contribution in [0.3, 0.4) is 0 Å². The van der Waals surface area contributed by atoms with Gasteiger partial charge in [0.25, 0.3) is 0 Å². The lowest BCUT2D eigenvalue weighted by molar-refractivity contribution is 0.0950. The smallest absolute Gasteiger partial charge is 0.0202 e. The standard InChI is InChI=1S/C21H41P/c1-3-5-6-7-8-9-12-17(4-2)20(18-13-10-14-18)21(22)19-15-11-16-19/h17-21H,3-16,22H2,1-2H3. The van der Waals surface area contributed by atoms with E-state index < -0.39 is 0 Å². The molecule has 4 unspecified atom stereocenters. The topological polar surface area (TPSA) is 0 Å². The van der Waals surface area contributed by atoms with Crippen LogP contribution in [0.25, 0.3) is 0 Å². The lowest BCUT2D eigenvalue weighted by Gasteiger charge is -2.46. The number of hydrogen-bond acceptors (Lipinski definition) is 0. The van der Waals surface area contributed by atoms with Crippen LogP contribution < -0.4 is 0 Å². The van der Waals surface area contributed by atoms with Crippen molar-refractivity contribution >= 4 is 9.24 Å². The Morgan fingerprint density at radius 2 is 1.41 bits per heavy atom. The molecular formula is C21H41P. The molecule has 22 heavy (non-hydrogen) atoms. The van der Waals surface area contributed by atoms with E-state index in [0.717, 1.165) is 29.3 Å². The van der Waals surface area contributed by atoms with Crippen LogP contribution in [0.1, 0.15) is 104 Å². The summed E-state index contributed by atoms with van der Waals surface area (Å²) in [7, 11) is 3.31. The van der Waals surface area contributed by atoms with Gasteiger partial charge in [0.05, 0.1) is 0 Å². The molecule has 2 rings (SSSR count).